The van der Waals surface area contributed by atoms with Gasteiger partial charge in [-0.2, -0.15) is 0 Å². The van der Waals surface area contributed by atoms with Crippen LogP contribution in [0.15, 0.2) is 0 Å². The van der Waals surface area contributed by atoms with Crippen LogP contribution in [0.2, 0.25) is 0 Å². The Morgan fingerprint density at radius 3 is 0.438 bits per heavy atom. The summed E-state index contributed by atoms with van der Waals surface area (Å²) in [6.07, 6.45) is 39.1. The fraction of sp³-hybridized carbons (Fsp3) is 1.00. The van der Waals surface area contributed by atoms with Gasteiger partial charge >= 0.3 is 45.2 Å². The molecule has 488 valence electrons. The number of hydrogen-bond donors (Lipinski definition) is 3. The molecule has 0 radical (unpaired) electrons. The average Bonchev–Trinajstić information content (AvgIpc) is 3.34. The summed E-state index contributed by atoms with van der Waals surface area (Å²) in [4.78, 5) is 28.5. The van der Waals surface area contributed by atoms with Gasteiger partial charge in [0.25, 0.3) is 0 Å². The smallest absolute Gasteiger partial charge is 0.852 e. The quantitative estimate of drug-likeness (QED) is 0.0291. The first-order chi connectivity index (χ1) is 37.3. The Morgan fingerprint density at radius 1 is 0.250 bits per heavy atom. The Bertz CT molecular complexity index is 1000. The Hall–Kier alpha value is 0.884. The maximum absolute atomic E-state index is 11.6. The van der Waals surface area contributed by atoms with E-state index in [1.165, 1.54) is 154 Å². The van der Waals surface area contributed by atoms with Crippen LogP contribution in [-0.4, -0.2) is 78.7 Å². The monoisotopic (exact) mass is 1250 g/mol. The predicted octanol–water partition coefficient (Wildman–Crippen LogP) is 16.5. The predicted molar refractivity (Wildman–Crippen MR) is 326 cm³/mol. The van der Waals surface area contributed by atoms with Gasteiger partial charge in [-0.3, -0.25) is 27.1 Å². The van der Waals surface area contributed by atoms with E-state index in [1.807, 2.05) is 0 Å². The van der Waals surface area contributed by atoms with E-state index in [0.717, 1.165) is 77.0 Å². The summed E-state index contributed by atoms with van der Waals surface area (Å²) in [6.45, 7) is 27.9. The van der Waals surface area contributed by atoms with Crippen molar-refractivity contribution in [2.75, 3.05) is 39.6 Å². The molecule has 0 saturated heterocycles. The van der Waals surface area contributed by atoms with E-state index in [2.05, 4.69) is 41.5 Å². The van der Waals surface area contributed by atoms with Crippen molar-refractivity contribution < 1.29 is 97.7 Å². The number of hydrogen-bond acceptors (Lipinski definition) is 13. The van der Waals surface area contributed by atoms with Crippen LogP contribution in [-0.2, 0) is 62.6 Å². The van der Waals surface area contributed by atoms with Gasteiger partial charge in [0.2, 0.25) is 0 Å². The molecule has 0 rings (SSSR count). The second-order valence-electron chi connectivity index (χ2n) is 21.2. The Labute approximate surface area is 510 Å². The molecule has 0 aromatic rings. The molecule has 0 aromatic carbocycles. The van der Waals surface area contributed by atoms with Gasteiger partial charge in [0.15, 0.2) is 0 Å². The van der Waals surface area contributed by atoms with Crippen molar-refractivity contribution in [2.24, 2.45) is 0 Å². The standard InChI is InChI=1S/3C16H35O4P.4C3H7O.Ti/c3*1-3-5-7-9-11-13-15-19-21(17,18)20-16-14-12-10-8-6-4-2;4*1-3(2)4;/h3*3-16H2,1-2H3,(H,17,18);4*3H,1-2H3;/q;;;4*-1;+4. The summed E-state index contributed by atoms with van der Waals surface area (Å²) in [7, 11) is -11.4. The van der Waals surface area contributed by atoms with Crippen molar-refractivity contribution >= 4 is 23.5 Å². The van der Waals surface area contributed by atoms with E-state index in [-0.39, 0.29) is 21.7 Å². The zero-order chi connectivity index (χ0) is 61.8. The number of unbranched alkanes of at least 4 members (excludes halogenated alkanes) is 30. The molecule has 0 saturated carbocycles. The van der Waals surface area contributed by atoms with Gasteiger partial charge in [0.05, 0.1) is 39.6 Å². The van der Waals surface area contributed by atoms with Crippen molar-refractivity contribution in [3.05, 3.63) is 0 Å². The first-order valence-corrected chi connectivity index (χ1v) is 36.3. The molecule has 0 aliphatic carbocycles. The fourth-order valence-electron chi connectivity index (χ4n) is 6.49. The van der Waals surface area contributed by atoms with E-state index < -0.39 is 47.9 Å². The van der Waals surface area contributed by atoms with Crippen molar-refractivity contribution in [2.45, 2.75) is 352 Å². The third kappa shape index (κ3) is 129. The molecule has 3 N–H and O–H groups in total. The summed E-state index contributed by atoms with van der Waals surface area (Å²) in [5.41, 5.74) is 0. The van der Waals surface area contributed by atoms with Gasteiger partial charge in [0, 0.05) is 0 Å². The maximum atomic E-state index is 11.6. The summed E-state index contributed by atoms with van der Waals surface area (Å²) in [6, 6.07) is 0. The van der Waals surface area contributed by atoms with E-state index in [9.17, 15) is 48.8 Å². The second kappa shape index (κ2) is 79.9. The summed E-state index contributed by atoms with van der Waals surface area (Å²) >= 11 is 0. The average molecular weight is 1250 g/mol. The van der Waals surface area contributed by atoms with E-state index in [1.54, 1.807) is 55.4 Å². The first-order valence-electron chi connectivity index (χ1n) is 31.8. The van der Waals surface area contributed by atoms with Crippen LogP contribution in [0.4, 0.5) is 0 Å². The molecule has 0 aromatic heterocycles. The van der Waals surface area contributed by atoms with Gasteiger partial charge in [-0.1, -0.05) is 290 Å². The maximum Gasteiger partial charge on any atom is 4.00 e. The Balaban J connectivity index is -0.000000141. The zero-order valence-electron chi connectivity index (χ0n) is 54.5. The second-order valence-corrected chi connectivity index (χ2v) is 25.6. The molecule has 0 aliphatic heterocycles. The third-order valence-corrected chi connectivity index (χ3v) is 13.6. The van der Waals surface area contributed by atoms with Crippen molar-refractivity contribution in [3.8, 4) is 0 Å². The Kier molecular flexibility index (Phi) is 97.0. The SMILES string of the molecule is CC(C)[O-].CC(C)[O-].CC(C)[O-].CC(C)[O-].CCCCCCCCOP(=O)(O)OCCCCCCCC.CCCCCCCCOP(=O)(O)OCCCCCCCC.CCCCCCCCOP(=O)(O)OCCCCCCCC.[Ti+4]. The molecule has 20 heteroatoms. The van der Waals surface area contributed by atoms with Gasteiger partial charge in [-0.15, -0.1) is 24.4 Å². The number of phosphoric acid groups is 3. The fourth-order valence-corrected chi connectivity index (χ4v) is 8.87. The van der Waals surface area contributed by atoms with Crippen LogP contribution < -0.4 is 20.4 Å². The van der Waals surface area contributed by atoms with E-state index in [4.69, 9.17) is 27.1 Å². The van der Waals surface area contributed by atoms with Gasteiger partial charge in [0.1, 0.15) is 0 Å². The van der Waals surface area contributed by atoms with Crippen LogP contribution in [0.25, 0.3) is 0 Å². The minimum Gasteiger partial charge on any atom is -0.852 e. The van der Waals surface area contributed by atoms with Crippen LogP contribution in [0.3, 0.4) is 0 Å². The summed E-state index contributed by atoms with van der Waals surface area (Å²) in [5.74, 6) is 0. The van der Waals surface area contributed by atoms with E-state index >= 15 is 0 Å². The molecule has 0 spiro atoms. The van der Waals surface area contributed by atoms with E-state index in [0.29, 0.717) is 39.6 Å². The first kappa shape index (κ1) is 97.2. The molecule has 0 bridgehead atoms. The largest absolute Gasteiger partial charge is 4.00 e. The molecule has 0 amide bonds. The Morgan fingerprint density at radius 2 is 0.338 bits per heavy atom. The molecular weight excluding hydrogens is 1120 g/mol. The normalized spacial score (nSPS) is 11.2. The summed E-state index contributed by atoms with van der Waals surface area (Å²) in [5, 5.41) is 38.1. The van der Waals surface area contributed by atoms with Crippen molar-refractivity contribution in [1.29, 1.82) is 0 Å². The number of phosphoric ester groups is 3. The molecular formula is C60H133O16P3Ti. The third-order valence-electron chi connectivity index (χ3n) is 10.5. The van der Waals surface area contributed by atoms with Gasteiger partial charge < -0.3 is 35.1 Å². The minimum absolute atomic E-state index is 0. The van der Waals surface area contributed by atoms with Gasteiger partial charge in [-0.25, -0.2) is 13.7 Å². The molecule has 0 atom stereocenters. The van der Waals surface area contributed by atoms with Crippen molar-refractivity contribution in [1.82, 2.24) is 0 Å². The summed E-state index contributed by atoms with van der Waals surface area (Å²) < 4.78 is 64.6. The van der Waals surface area contributed by atoms with Gasteiger partial charge in [-0.05, 0) is 38.5 Å². The molecule has 16 nitrogen and oxygen atoms in total. The molecule has 80 heavy (non-hydrogen) atoms. The minimum atomic E-state index is -3.82. The van der Waals surface area contributed by atoms with Crippen LogP contribution in [0.1, 0.15) is 328 Å². The molecule has 0 heterocycles. The molecule has 0 unspecified atom stereocenters. The number of rotatable bonds is 48. The van der Waals surface area contributed by atoms with Crippen LogP contribution in [0.5, 0.6) is 0 Å². The van der Waals surface area contributed by atoms with Crippen molar-refractivity contribution in [3.63, 3.8) is 0 Å². The molecule has 0 fully saturated rings. The topological polar surface area (TPSA) is 260 Å². The zero-order valence-corrected chi connectivity index (χ0v) is 58.7. The van der Waals surface area contributed by atoms with Crippen LogP contribution in [0, 0.1) is 0 Å². The molecule has 0 aliphatic rings. The van der Waals surface area contributed by atoms with Crippen LogP contribution >= 0.6 is 23.5 Å².